The molecule has 1 aliphatic heterocycles. The van der Waals surface area contributed by atoms with E-state index in [-0.39, 0.29) is 34.0 Å². The summed E-state index contributed by atoms with van der Waals surface area (Å²) in [4.78, 5) is 19.3. The van der Waals surface area contributed by atoms with Crippen molar-refractivity contribution in [3.8, 4) is 11.5 Å². The van der Waals surface area contributed by atoms with Gasteiger partial charge in [-0.15, -0.1) is 0 Å². The number of benzene rings is 2. The molecule has 5 nitrogen and oxygen atoms in total. The molecule has 0 spiro atoms. The highest BCUT2D eigenvalue weighted by Crippen LogP contribution is 2.41. The Labute approximate surface area is 161 Å². The summed E-state index contributed by atoms with van der Waals surface area (Å²) < 4.78 is 0. The van der Waals surface area contributed by atoms with E-state index < -0.39 is 0 Å². The van der Waals surface area contributed by atoms with E-state index in [1.807, 2.05) is 36.4 Å². The van der Waals surface area contributed by atoms with Crippen molar-refractivity contribution >= 4 is 23.2 Å². The number of carbonyl (C=O) groups excluding carboxylic acids is 1. The SMILES string of the molecule is O=C(c1cc(Cl)c(O)cc1O)N1c2ccccc2CC[C@@H]1c1cccnc1. The standard InChI is InChI=1S/C21H17ClN2O3/c22-16-10-15(19(25)11-20(16)26)21(27)24-17-6-2-1-4-13(17)7-8-18(24)14-5-3-9-23-12-14/h1-6,9-12,18,25-26H,7-8H2/t18-/m1/s1. The smallest absolute Gasteiger partial charge is 0.262 e. The molecule has 136 valence electrons. The monoisotopic (exact) mass is 380 g/mol. The van der Waals surface area contributed by atoms with Gasteiger partial charge in [-0.05, 0) is 42.2 Å². The molecular formula is C21H17ClN2O3. The van der Waals surface area contributed by atoms with Crippen molar-refractivity contribution in [3.05, 3.63) is 82.6 Å². The van der Waals surface area contributed by atoms with Crippen LogP contribution in [0, 0.1) is 0 Å². The van der Waals surface area contributed by atoms with Gasteiger partial charge in [-0.1, -0.05) is 35.9 Å². The maximum absolute atomic E-state index is 13.4. The van der Waals surface area contributed by atoms with Crippen LogP contribution < -0.4 is 4.90 Å². The van der Waals surface area contributed by atoms with Crippen LogP contribution in [0.5, 0.6) is 11.5 Å². The normalized spacial score (nSPS) is 16.0. The van der Waals surface area contributed by atoms with Gasteiger partial charge in [-0.3, -0.25) is 9.78 Å². The number of aromatic nitrogens is 1. The third kappa shape index (κ3) is 3.11. The zero-order chi connectivity index (χ0) is 19.0. The van der Waals surface area contributed by atoms with E-state index in [9.17, 15) is 15.0 Å². The Balaban J connectivity index is 1.85. The second-order valence-corrected chi connectivity index (χ2v) is 6.87. The number of hydrogen-bond donors (Lipinski definition) is 2. The first-order valence-electron chi connectivity index (χ1n) is 8.59. The van der Waals surface area contributed by atoms with Crippen LogP contribution in [0.2, 0.25) is 5.02 Å². The van der Waals surface area contributed by atoms with Gasteiger partial charge in [0.2, 0.25) is 0 Å². The largest absolute Gasteiger partial charge is 0.507 e. The molecule has 1 aliphatic rings. The summed E-state index contributed by atoms with van der Waals surface area (Å²) in [7, 11) is 0. The Morgan fingerprint density at radius 3 is 2.70 bits per heavy atom. The first kappa shape index (κ1) is 17.4. The number of rotatable bonds is 2. The predicted octanol–water partition coefficient (Wildman–Crippen LogP) is 4.48. The number of para-hydroxylation sites is 1. The highest BCUT2D eigenvalue weighted by Gasteiger charge is 2.34. The Morgan fingerprint density at radius 1 is 1.11 bits per heavy atom. The first-order valence-corrected chi connectivity index (χ1v) is 8.97. The molecule has 2 heterocycles. The van der Waals surface area contributed by atoms with E-state index in [1.165, 1.54) is 6.07 Å². The van der Waals surface area contributed by atoms with Crippen LogP contribution >= 0.6 is 11.6 Å². The zero-order valence-corrected chi connectivity index (χ0v) is 15.1. The third-order valence-corrected chi connectivity index (χ3v) is 5.14. The molecule has 2 N–H and O–H groups in total. The molecule has 4 rings (SSSR count). The lowest BCUT2D eigenvalue weighted by atomic mass is 9.91. The van der Waals surface area contributed by atoms with Gasteiger partial charge in [0.1, 0.15) is 11.5 Å². The topological polar surface area (TPSA) is 73.7 Å². The molecule has 0 saturated heterocycles. The molecule has 2 aromatic carbocycles. The zero-order valence-electron chi connectivity index (χ0n) is 14.3. The summed E-state index contributed by atoms with van der Waals surface area (Å²) >= 11 is 5.98. The number of halogens is 1. The Morgan fingerprint density at radius 2 is 1.93 bits per heavy atom. The van der Waals surface area contributed by atoms with Crippen LogP contribution in [0.4, 0.5) is 5.69 Å². The highest BCUT2D eigenvalue weighted by molar-refractivity contribution is 6.32. The van der Waals surface area contributed by atoms with E-state index in [0.29, 0.717) is 0 Å². The molecule has 1 aromatic heterocycles. The lowest BCUT2D eigenvalue weighted by Crippen LogP contribution is -2.38. The maximum atomic E-state index is 13.4. The first-order chi connectivity index (χ1) is 13.1. The fourth-order valence-electron chi connectivity index (χ4n) is 3.54. The molecule has 0 bridgehead atoms. The number of carbonyl (C=O) groups is 1. The van der Waals surface area contributed by atoms with Crippen LogP contribution in [0.1, 0.15) is 33.9 Å². The number of phenols is 2. The van der Waals surface area contributed by atoms with Crippen LogP contribution in [-0.4, -0.2) is 21.1 Å². The lowest BCUT2D eigenvalue weighted by molar-refractivity contribution is 0.0970. The fraction of sp³-hybridized carbons (Fsp3) is 0.143. The van der Waals surface area contributed by atoms with Crippen molar-refractivity contribution in [1.29, 1.82) is 0 Å². The summed E-state index contributed by atoms with van der Waals surface area (Å²) in [5, 5.41) is 19.9. The van der Waals surface area contributed by atoms with Gasteiger partial charge in [0.05, 0.1) is 16.6 Å². The van der Waals surface area contributed by atoms with Gasteiger partial charge in [0.15, 0.2) is 0 Å². The summed E-state index contributed by atoms with van der Waals surface area (Å²) in [5.41, 5.74) is 2.83. The molecule has 27 heavy (non-hydrogen) atoms. The minimum absolute atomic E-state index is 0.0133. The number of hydrogen-bond acceptors (Lipinski definition) is 4. The van der Waals surface area contributed by atoms with Crippen LogP contribution in [0.15, 0.2) is 60.9 Å². The Bertz CT molecular complexity index is 1010. The Hall–Kier alpha value is -3.05. The van der Waals surface area contributed by atoms with Crippen molar-refractivity contribution < 1.29 is 15.0 Å². The lowest BCUT2D eigenvalue weighted by Gasteiger charge is -2.37. The molecule has 1 amide bonds. The molecular weight excluding hydrogens is 364 g/mol. The number of nitrogens with zero attached hydrogens (tertiary/aromatic N) is 2. The van der Waals surface area contributed by atoms with Crippen LogP contribution in [0.25, 0.3) is 0 Å². The molecule has 0 radical (unpaired) electrons. The molecule has 0 unspecified atom stereocenters. The average molecular weight is 381 g/mol. The van der Waals surface area contributed by atoms with Gasteiger partial charge in [0, 0.05) is 24.1 Å². The van der Waals surface area contributed by atoms with Crippen molar-refractivity contribution in [2.45, 2.75) is 18.9 Å². The minimum atomic E-state index is -0.379. The quantitative estimate of drug-likeness (QED) is 0.687. The molecule has 6 heteroatoms. The average Bonchev–Trinajstić information content (AvgIpc) is 2.70. The van der Waals surface area contributed by atoms with Gasteiger partial charge in [-0.2, -0.15) is 0 Å². The number of phenolic OH excluding ortho intramolecular Hbond substituents is 2. The maximum Gasteiger partial charge on any atom is 0.262 e. The second kappa shape index (κ2) is 6.93. The van der Waals surface area contributed by atoms with Gasteiger partial charge in [0.25, 0.3) is 5.91 Å². The predicted molar refractivity (Wildman–Crippen MR) is 103 cm³/mol. The number of aromatic hydroxyl groups is 2. The van der Waals surface area contributed by atoms with Crippen molar-refractivity contribution in [3.63, 3.8) is 0 Å². The summed E-state index contributed by atoms with van der Waals surface area (Å²) in [6, 6.07) is 13.7. The van der Waals surface area contributed by atoms with E-state index in [0.717, 1.165) is 35.7 Å². The van der Waals surface area contributed by atoms with Crippen molar-refractivity contribution in [2.24, 2.45) is 0 Å². The van der Waals surface area contributed by atoms with Crippen molar-refractivity contribution in [1.82, 2.24) is 4.98 Å². The van der Waals surface area contributed by atoms with Crippen LogP contribution in [-0.2, 0) is 6.42 Å². The number of amides is 1. The van der Waals surface area contributed by atoms with Gasteiger partial charge in [-0.25, -0.2) is 0 Å². The number of aryl methyl sites for hydroxylation is 1. The molecule has 0 fully saturated rings. The molecule has 0 saturated carbocycles. The molecule has 3 aromatic rings. The van der Waals surface area contributed by atoms with E-state index in [4.69, 9.17) is 11.6 Å². The van der Waals surface area contributed by atoms with Crippen LogP contribution in [0.3, 0.4) is 0 Å². The van der Waals surface area contributed by atoms with E-state index >= 15 is 0 Å². The number of pyridine rings is 1. The molecule has 0 aliphatic carbocycles. The van der Waals surface area contributed by atoms with E-state index in [2.05, 4.69) is 4.98 Å². The summed E-state index contributed by atoms with van der Waals surface area (Å²) in [6.45, 7) is 0. The van der Waals surface area contributed by atoms with Gasteiger partial charge >= 0.3 is 0 Å². The molecule has 1 atom stereocenters. The third-order valence-electron chi connectivity index (χ3n) is 4.83. The van der Waals surface area contributed by atoms with E-state index in [1.54, 1.807) is 17.3 Å². The summed E-state index contributed by atoms with van der Waals surface area (Å²) in [5.74, 6) is -0.959. The van der Waals surface area contributed by atoms with Crippen molar-refractivity contribution in [2.75, 3.05) is 4.90 Å². The number of anilines is 1. The number of fused-ring (bicyclic) bond motifs is 1. The fourth-order valence-corrected chi connectivity index (χ4v) is 3.70. The minimum Gasteiger partial charge on any atom is -0.507 e. The van der Waals surface area contributed by atoms with Gasteiger partial charge < -0.3 is 15.1 Å². The summed E-state index contributed by atoms with van der Waals surface area (Å²) in [6.07, 6.45) is 5.02. The highest BCUT2D eigenvalue weighted by atomic mass is 35.5. The Kier molecular flexibility index (Phi) is 4.46. The second-order valence-electron chi connectivity index (χ2n) is 6.47.